The number of amides is 1. The van der Waals surface area contributed by atoms with Gasteiger partial charge in [-0.1, -0.05) is 23.9 Å². The van der Waals surface area contributed by atoms with E-state index in [0.29, 0.717) is 0 Å². The lowest BCUT2D eigenvalue weighted by Gasteiger charge is -2.12. The minimum atomic E-state index is -4.66. The zero-order valence-corrected chi connectivity index (χ0v) is 13.8. The largest absolute Gasteiger partial charge is 0.451 e. The number of carbonyl (C=O) groups excluding carboxylic acids is 1. The second-order valence-electron chi connectivity index (χ2n) is 4.89. The number of hydrogen-bond acceptors (Lipinski definition) is 6. The summed E-state index contributed by atoms with van der Waals surface area (Å²) in [6.07, 6.45) is -4.66. The van der Waals surface area contributed by atoms with E-state index in [2.05, 4.69) is 15.5 Å². The van der Waals surface area contributed by atoms with E-state index in [0.717, 1.165) is 23.4 Å². The Kier molecular flexibility index (Phi) is 5.30. The maximum atomic E-state index is 12.7. The van der Waals surface area contributed by atoms with Crippen LogP contribution < -0.4 is 5.32 Å². The first-order chi connectivity index (χ1) is 11.6. The standard InChI is InChI=1S/C13H12F3N5O3S/c1-7(25-12-19-18-11(20(12)2)13(14,15)16)10(22)17-8-5-3-4-6-9(8)21(23)24/h3-7H,1-2H3,(H,17,22). The fraction of sp³-hybridized carbons (Fsp3) is 0.308. The number of anilines is 1. The van der Waals surface area contributed by atoms with Crippen LogP contribution in [0.15, 0.2) is 29.4 Å². The van der Waals surface area contributed by atoms with E-state index >= 15 is 0 Å². The van der Waals surface area contributed by atoms with Crippen molar-refractivity contribution in [3.05, 3.63) is 40.2 Å². The third kappa shape index (κ3) is 4.26. The number of nitrogens with one attached hydrogen (secondary N) is 1. The molecule has 1 aromatic heterocycles. The Labute approximate surface area is 143 Å². The first-order valence-electron chi connectivity index (χ1n) is 6.78. The van der Waals surface area contributed by atoms with E-state index in [1.165, 1.54) is 31.2 Å². The van der Waals surface area contributed by atoms with E-state index in [1.54, 1.807) is 0 Å². The quantitative estimate of drug-likeness (QED) is 0.490. The molecular formula is C13H12F3N5O3S. The van der Waals surface area contributed by atoms with Gasteiger partial charge in [-0.2, -0.15) is 13.2 Å². The lowest BCUT2D eigenvalue weighted by Crippen LogP contribution is -2.23. The smallest absolute Gasteiger partial charge is 0.319 e. The van der Waals surface area contributed by atoms with Crippen molar-refractivity contribution in [3.63, 3.8) is 0 Å². The summed E-state index contributed by atoms with van der Waals surface area (Å²) >= 11 is 0.756. The fourth-order valence-corrected chi connectivity index (χ4v) is 2.66. The van der Waals surface area contributed by atoms with Gasteiger partial charge in [0.15, 0.2) is 5.16 Å². The van der Waals surface area contributed by atoms with Crippen molar-refractivity contribution in [2.45, 2.75) is 23.5 Å². The van der Waals surface area contributed by atoms with Gasteiger partial charge in [0.2, 0.25) is 11.7 Å². The number of nitro groups is 1. The zero-order valence-electron chi connectivity index (χ0n) is 12.9. The van der Waals surface area contributed by atoms with Gasteiger partial charge < -0.3 is 9.88 Å². The predicted octanol–water partition coefficient (Wildman–Crippen LogP) is 2.86. The Morgan fingerprint density at radius 3 is 2.56 bits per heavy atom. The molecule has 8 nitrogen and oxygen atoms in total. The van der Waals surface area contributed by atoms with Crippen molar-refractivity contribution in [1.82, 2.24) is 14.8 Å². The number of carbonyl (C=O) groups is 1. The Balaban J connectivity index is 2.12. The molecule has 0 aliphatic heterocycles. The topological polar surface area (TPSA) is 103 Å². The van der Waals surface area contributed by atoms with Crippen molar-refractivity contribution in [2.24, 2.45) is 7.05 Å². The van der Waals surface area contributed by atoms with E-state index in [4.69, 9.17) is 0 Å². The maximum Gasteiger partial charge on any atom is 0.451 e. The number of aromatic nitrogens is 3. The van der Waals surface area contributed by atoms with Gasteiger partial charge in [-0.15, -0.1) is 10.2 Å². The van der Waals surface area contributed by atoms with Gasteiger partial charge in [-0.3, -0.25) is 14.9 Å². The molecule has 1 unspecified atom stereocenters. The van der Waals surface area contributed by atoms with Gasteiger partial charge in [0.05, 0.1) is 10.2 Å². The van der Waals surface area contributed by atoms with Crippen LogP contribution >= 0.6 is 11.8 Å². The Morgan fingerprint density at radius 2 is 2.00 bits per heavy atom. The Hall–Kier alpha value is -2.63. The van der Waals surface area contributed by atoms with Crippen molar-refractivity contribution in [1.29, 1.82) is 0 Å². The molecule has 0 spiro atoms. The number of halogens is 3. The lowest BCUT2D eigenvalue weighted by molar-refractivity contribution is -0.383. The summed E-state index contributed by atoms with van der Waals surface area (Å²) in [4.78, 5) is 22.5. The predicted molar refractivity (Wildman–Crippen MR) is 83.1 cm³/mol. The Morgan fingerprint density at radius 1 is 1.36 bits per heavy atom. The molecule has 1 aromatic carbocycles. The van der Waals surface area contributed by atoms with E-state index in [-0.39, 0.29) is 16.5 Å². The molecule has 2 rings (SSSR count). The SMILES string of the molecule is CC(Sc1nnc(C(F)(F)F)n1C)C(=O)Nc1ccccc1[N+](=O)[O-]. The highest BCUT2D eigenvalue weighted by Gasteiger charge is 2.38. The van der Waals surface area contributed by atoms with E-state index in [9.17, 15) is 28.1 Å². The van der Waals surface area contributed by atoms with Gasteiger partial charge in [-0.05, 0) is 13.0 Å². The van der Waals surface area contributed by atoms with Gasteiger partial charge in [-0.25, -0.2) is 0 Å². The third-order valence-electron chi connectivity index (χ3n) is 3.10. The number of nitro benzene ring substituents is 1. The second-order valence-corrected chi connectivity index (χ2v) is 6.19. The number of hydrogen-bond donors (Lipinski definition) is 1. The van der Waals surface area contributed by atoms with Crippen molar-refractivity contribution >= 4 is 29.0 Å². The first-order valence-corrected chi connectivity index (χ1v) is 7.66. The summed E-state index contributed by atoms with van der Waals surface area (Å²) in [7, 11) is 1.14. The summed E-state index contributed by atoms with van der Waals surface area (Å²) in [5, 5.41) is 18.8. The van der Waals surface area contributed by atoms with Gasteiger partial charge in [0.1, 0.15) is 5.69 Å². The van der Waals surface area contributed by atoms with Crippen LogP contribution in [-0.4, -0.2) is 30.8 Å². The number of alkyl halides is 3. The van der Waals surface area contributed by atoms with E-state index in [1.807, 2.05) is 0 Å². The first kappa shape index (κ1) is 18.7. The summed E-state index contributed by atoms with van der Waals surface area (Å²) in [6.45, 7) is 1.44. The fourth-order valence-electron chi connectivity index (χ4n) is 1.85. The molecule has 1 atom stereocenters. The van der Waals surface area contributed by atoms with Crippen LogP contribution in [0.4, 0.5) is 24.5 Å². The van der Waals surface area contributed by atoms with Crippen molar-refractivity contribution in [2.75, 3.05) is 5.32 Å². The normalized spacial score (nSPS) is 12.7. The second kappa shape index (κ2) is 7.09. The molecule has 1 N–H and O–H groups in total. The summed E-state index contributed by atoms with van der Waals surface area (Å²) < 4.78 is 38.8. The number of para-hydroxylation sites is 2. The van der Waals surface area contributed by atoms with Crippen molar-refractivity contribution < 1.29 is 22.9 Å². The van der Waals surface area contributed by atoms with Gasteiger partial charge in [0.25, 0.3) is 5.69 Å². The molecule has 12 heteroatoms. The number of benzene rings is 1. The molecule has 0 fully saturated rings. The molecule has 0 saturated carbocycles. The molecule has 134 valence electrons. The molecule has 2 aromatic rings. The van der Waals surface area contributed by atoms with Crippen LogP contribution in [0.1, 0.15) is 12.7 Å². The summed E-state index contributed by atoms with van der Waals surface area (Å²) in [5.74, 6) is -1.79. The molecular weight excluding hydrogens is 363 g/mol. The third-order valence-corrected chi connectivity index (χ3v) is 4.23. The molecule has 0 aliphatic carbocycles. The van der Waals surface area contributed by atoms with E-state index < -0.39 is 28.1 Å². The average molecular weight is 375 g/mol. The number of thioether (sulfide) groups is 1. The van der Waals surface area contributed by atoms with Crippen LogP contribution in [-0.2, 0) is 18.0 Å². The zero-order chi connectivity index (χ0) is 18.8. The highest BCUT2D eigenvalue weighted by Crippen LogP contribution is 2.31. The van der Waals surface area contributed by atoms with Crippen LogP contribution in [0.2, 0.25) is 0 Å². The molecule has 1 amide bonds. The van der Waals surface area contributed by atoms with Crippen LogP contribution in [0.5, 0.6) is 0 Å². The van der Waals surface area contributed by atoms with Crippen LogP contribution in [0.3, 0.4) is 0 Å². The summed E-state index contributed by atoms with van der Waals surface area (Å²) in [5.41, 5.74) is -0.287. The summed E-state index contributed by atoms with van der Waals surface area (Å²) in [6, 6.07) is 5.55. The van der Waals surface area contributed by atoms with Crippen LogP contribution in [0.25, 0.3) is 0 Å². The minimum Gasteiger partial charge on any atom is -0.319 e. The molecule has 1 heterocycles. The lowest BCUT2D eigenvalue weighted by atomic mass is 10.2. The minimum absolute atomic E-state index is 0.00102. The number of rotatable bonds is 5. The highest BCUT2D eigenvalue weighted by molar-refractivity contribution is 8.00. The van der Waals surface area contributed by atoms with Crippen molar-refractivity contribution in [3.8, 4) is 0 Å². The molecule has 0 saturated heterocycles. The van der Waals surface area contributed by atoms with Gasteiger partial charge >= 0.3 is 6.18 Å². The highest BCUT2D eigenvalue weighted by atomic mass is 32.2. The van der Waals surface area contributed by atoms with Gasteiger partial charge in [0, 0.05) is 13.1 Å². The average Bonchev–Trinajstić information content (AvgIpc) is 2.88. The molecule has 25 heavy (non-hydrogen) atoms. The molecule has 0 aliphatic rings. The maximum absolute atomic E-state index is 12.7. The number of nitrogens with zero attached hydrogens (tertiary/aromatic N) is 4. The van der Waals surface area contributed by atoms with Crippen LogP contribution in [0, 0.1) is 10.1 Å². The molecule has 0 bridgehead atoms. The monoisotopic (exact) mass is 375 g/mol. The Bertz CT molecular complexity index is 808. The molecule has 0 radical (unpaired) electrons.